The van der Waals surface area contributed by atoms with Crippen LogP contribution in [0.25, 0.3) is 0 Å². The van der Waals surface area contributed by atoms with Crippen molar-refractivity contribution in [3.8, 4) is 0 Å². The number of hydrogen-bond donors (Lipinski definition) is 2. The fraction of sp³-hybridized carbons (Fsp3) is 0.625. The van der Waals surface area contributed by atoms with E-state index in [2.05, 4.69) is 31.1 Å². The van der Waals surface area contributed by atoms with Gasteiger partial charge in [0, 0.05) is 18.3 Å². The minimum atomic E-state index is -0.119. The average Bonchev–Trinajstić information content (AvgIpc) is 2.30. The summed E-state index contributed by atoms with van der Waals surface area (Å²) in [6.45, 7) is 1.02. The molecule has 2 N–H and O–H groups in total. The summed E-state index contributed by atoms with van der Waals surface area (Å²) >= 11 is 0. The summed E-state index contributed by atoms with van der Waals surface area (Å²) in [4.78, 5) is 16.0. The van der Waals surface area contributed by atoms with Crippen LogP contribution in [0, 0.1) is 0 Å². The zero-order valence-corrected chi connectivity index (χ0v) is 7.85. The predicted octanol–water partition coefficient (Wildman–Crippen LogP) is -0.0483. The summed E-state index contributed by atoms with van der Waals surface area (Å²) in [7, 11) is 6.39. The van der Waals surface area contributed by atoms with Gasteiger partial charge < -0.3 is 14.5 Å². The van der Waals surface area contributed by atoms with Crippen LogP contribution < -0.4 is 5.69 Å². The lowest BCUT2D eigenvalue weighted by Gasteiger charge is -2.23. The van der Waals surface area contributed by atoms with Gasteiger partial charge in [-0.3, -0.25) is 0 Å². The molecule has 0 spiro atoms. The Hall–Kier alpha value is -1.03. The van der Waals surface area contributed by atoms with Crippen molar-refractivity contribution in [2.24, 2.45) is 0 Å². The molecule has 1 heterocycles. The second kappa shape index (κ2) is 3.15. The highest BCUT2D eigenvalue weighted by atomic mass is 16.1. The first-order valence-corrected chi connectivity index (χ1v) is 4.04. The Morgan fingerprint density at radius 3 is 2.50 bits per heavy atom. The third-order valence-corrected chi connectivity index (χ3v) is 1.70. The highest BCUT2D eigenvalue weighted by molar-refractivity contribution is 4.94. The highest BCUT2D eigenvalue weighted by Gasteiger charge is 2.07. The van der Waals surface area contributed by atoms with Gasteiger partial charge in [0.05, 0.1) is 27.7 Å². The fourth-order valence-electron chi connectivity index (χ4n) is 0.961. The molecule has 0 unspecified atom stereocenters. The summed E-state index contributed by atoms with van der Waals surface area (Å²) < 4.78 is 0.910. The zero-order valence-electron chi connectivity index (χ0n) is 7.85. The van der Waals surface area contributed by atoms with Gasteiger partial charge in [-0.1, -0.05) is 0 Å². The Balaban J connectivity index is 2.49. The van der Waals surface area contributed by atoms with Crippen molar-refractivity contribution in [1.82, 2.24) is 9.97 Å². The van der Waals surface area contributed by atoms with Gasteiger partial charge in [0.2, 0.25) is 0 Å². The fourth-order valence-corrected chi connectivity index (χ4v) is 0.961. The molecular formula is C8H16N3O+. The molecule has 0 aliphatic heterocycles. The number of H-pyrrole nitrogens is 2. The molecule has 1 aromatic rings. The van der Waals surface area contributed by atoms with Crippen molar-refractivity contribution >= 4 is 0 Å². The smallest absolute Gasteiger partial charge is 0.323 e. The lowest BCUT2D eigenvalue weighted by atomic mass is 10.3. The number of imidazole rings is 1. The molecule has 4 nitrogen and oxygen atoms in total. The van der Waals surface area contributed by atoms with Crippen LogP contribution >= 0.6 is 0 Å². The number of nitrogens with zero attached hydrogens (tertiary/aromatic N) is 1. The van der Waals surface area contributed by atoms with Crippen molar-refractivity contribution in [1.29, 1.82) is 0 Å². The molecule has 0 aromatic carbocycles. The van der Waals surface area contributed by atoms with E-state index in [-0.39, 0.29) is 5.69 Å². The van der Waals surface area contributed by atoms with E-state index in [0.717, 1.165) is 23.1 Å². The quantitative estimate of drug-likeness (QED) is 0.614. The average molecular weight is 170 g/mol. The summed E-state index contributed by atoms with van der Waals surface area (Å²) in [5.41, 5.74) is 0.861. The third kappa shape index (κ3) is 2.92. The normalized spacial score (nSPS) is 11.9. The van der Waals surface area contributed by atoms with E-state index in [4.69, 9.17) is 0 Å². The summed E-state index contributed by atoms with van der Waals surface area (Å²) in [5.74, 6) is 0. The van der Waals surface area contributed by atoms with E-state index in [1.165, 1.54) is 0 Å². The maximum Gasteiger partial charge on any atom is 0.323 e. The lowest BCUT2D eigenvalue weighted by Crippen LogP contribution is -2.36. The molecule has 0 aliphatic rings. The van der Waals surface area contributed by atoms with Gasteiger partial charge in [-0.25, -0.2) is 4.79 Å². The number of aromatic nitrogens is 2. The minimum absolute atomic E-state index is 0.119. The number of quaternary nitrogens is 1. The van der Waals surface area contributed by atoms with Crippen molar-refractivity contribution in [2.45, 2.75) is 6.42 Å². The molecule has 0 atom stereocenters. The standard InChI is InChI=1S/C8H15N3O/c1-11(2,3)5-4-7-6-9-8(12)10-7/h6H,4-5H2,1-3H3,(H-,9,10,12)/p+1. The van der Waals surface area contributed by atoms with Crippen LogP contribution in [-0.4, -0.2) is 42.1 Å². The Bertz CT molecular complexity index is 292. The van der Waals surface area contributed by atoms with E-state index in [0.29, 0.717) is 0 Å². The molecule has 1 aromatic heterocycles. The maximum atomic E-state index is 10.7. The van der Waals surface area contributed by atoms with Gasteiger partial charge in [-0.15, -0.1) is 0 Å². The van der Waals surface area contributed by atoms with Crippen LogP contribution in [0.2, 0.25) is 0 Å². The molecule has 12 heavy (non-hydrogen) atoms. The molecule has 4 heteroatoms. The molecule has 1 rings (SSSR count). The summed E-state index contributed by atoms with van der Waals surface area (Å²) in [6, 6.07) is 0. The first-order valence-electron chi connectivity index (χ1n) is 4.04. The zero-order chi connectivity index (χ0) is 9.19. The van der Waals surface area contributed by atoms with Crippen LogP contribution in [0.4, 0.5) is 0 Å². The van der Waals surface area contributed by atoms with Crippen molar-refractivity contribution in [3.63, 3.8) is 0 Å². The van der Waals surface area contributed by atoms with Crippen molar-refractivity contribution < 1.29 is 4.48 Å². The number of rotatable bonds is 3. The van der Waals surface area contributed by atoms with Gasteiger partial charge in [-0.2, -0.15) is 0 Å². The van der Waals surface area contributed by atoms with Crippen molar-refractivity contribution in [3.05, 3.63) is 22.4 Å². The van der Waals surface area contributed by atoms with Crippen LogP contribution in [0.5, 0.6) is 0 Å². The molecule has 68 valence electrons. The lowest BCUT2D eigenvalue weighted by molar-refractivity contribution is -0.870. The third-order valence-electron chi connectivity index (χ3n) is 1.70. The minimum Gasteiger partial charge on any atom is -0.331 e. The highest BCUT2D eigenvalue weighted by Crippen LogP contribution is 1.96. The number of aromatic amines is 2. The molecule has 0 saturated heterocycles. The van der Waals surface area contributed by atoms with E-state index < -0.39 is 0 Å². The van der Waals surface area contributed by atoms with E-state index in [9.17, 15) is 4.79 Å². The molecule has 0 bridgehead atoms. The Labute approximate surface area is 71.8 Å². The molecule has 0 fully saturated rings. The second-order valence-corrected chi connectivity index (χ2v) is 4.03. The van der Waals surface area contributed by atoms with Crippen molar-refractivity contribution in [2.75, 3.05) is 27.7 Å². The van der Waals surface area contributed by atoms with Gasteiger partial charge in [0.15, 0.2) is 0 Å². The number of likely N-dealkylation sites (N-methyl/N-ethyl adjacent to an activating group) is 1. The van der Waals surface area contributed by atoms with Gasteiger partial charge in [-0.05, 0) is 0 Å². The number of hydrogen-bond acceptors (Lipinski definition) is 1. The van der Waals surface area contributed by atoms with Gasteiger partial charge >= 0.3 is 5.69 Å². The van der Waals surface area contributed by atoms with Crippen LogP contribution in [-0.2, 0) is 6.42 Å². The van der Waals surface area contributed by atoms with Gasteiger partial charge in [0.25, 0.3) is 0 Å². The van der Waals surface area contributed by atoms with E-state index >= 15 is 0 Å². The SMILES string of the molecule is C[N+](C)(C)CCc1c[nH]c(=O)[nH]1. The Morgan fingerprint density at radius 1 is 1.42 bits per heavy atom. The Kier molecular flexibility index (Phi) is 2.38. The first-order chi connectivity index (χ1) is 5.47. The first kappa shape index (κ1) is 9.06. The molecule has 0 radical (unpaired) electrons. The molecule has 0 saturated carbocycles. The topological polar surface area (TPSA) is 48.6 Å². The molecule has 0 aliphatic carbocycles. The number of nitrogens with one attached hydrogen (secondary N) is 2. The van der Waals surface area contributed by atoms with Gasteiger partial charge in [0.1, 0.15) is 0 Å². The maximum absolute atomic E-state index is 10.7. The van der Waals surface area contributed by atoms with Crippen LogP contribution in [0.3, 0.4) is 0 Å². The van der Waals surface area contributed by atoms with Crippen LogP contribution in [0.1, 0.15) is 5.69 Å². The monoisotopic (exact) mass is 170 g/mol. The molecule has 0 amide bonds. The Morgan fingerprint density at radius 2 is 2.08 bits per heavy atom. The summed E-state index contributed by atoms with van der Waals surface area (Å²) in [5, 5.41) is 0. The molecular weight excluding hydrogens is 154 g/mol. The second-order valence-electron chi connectivity index (χ2n) is 4.03. The van der Waals surface area contributed by atoms with E-state index in [1.54, 1.807) is 6.20 Å². The predicted molar refractivity (Wildman–Crippen MR) is 48.0 cm³/mol. The van der Waals surface area contributed by atoms with Crippen LogP contribution in [0.15, 0.2) is 11.0 Å². The largest absolute Gasteiger partial charge is 0.331 e. The van der Waals surface area contributed by atoms with E-state index in [1.807, 2.05) is 0 Å². The summed E-state index contributed by atoms with van der Waals surface area (Å²) in [6.07, 6.45) is 2.64.